The highest BCUT2D eigenvalue weighted by molar-refractivity contribution is 5.01. The van der Waals surface area contributed by atoms with E-state index in [2.05, 4.69) is 15.5 Å². The fourth-order valence-corrected chi connectivity index (χ4v) is 1.79. The Hall–Kier alpha value is -0.960. The standard InChI is InChI=1S/C10H15N3/c1-2-6-11-9(4-1)8-10-5-3-7-12-13-10/h3,5,7,9,11H,1-2,4,6,8H2. The molecule has 1 saturated heterocycles. The normalized spacial score (nSPS) is 22.9. The van der Waals surface area contributed by atoms with Gasteiger partial charge >= 0.3 is 0 Å². The summed E-state index contributed by atoms with van der Waals surface area (Å²) in [7, 11) is 0. The minimum Gasteiger partial charge on any atom is -0.314 e. The van der Waals surface area contributed by atoms with E-state index in [4.69, 9.17) is 0 Å². The van der Waals surface area contributed by atoms with E-state index in [9.17, 15) is 0 Å². The third kappa shape index (κ3) is 2.49. The minimum absolute atomic E-state index is 0.616. The van der Waals surface area contributed by atoms with Crippen molar-refractivity contribution in [1.29, 1.82) is 0 Å². The lowest BCUT2D eigenvalue weighted by Gasteiger charge is -2.22. The van der Waals surface area contributed by atoms with Crippen LogP contribution in [-0.2, 0) is 6.42 Å². The molecule has 0 amide bonds. The van der Waals surface area contributed by atoms with Crippen molar-refractivity contribution in [1.82, 2.24) is 15.5 Å². The van der Waals surface area contributed by atoms with Crippen LogP contribution in [0.3, 0.4) is 0 Å². The molecule has 1 aromatic heterocycles. The van der Waals surface area contributed by atoms with Crippen molar-refractivity contribution < 1.29 is 0 Å². The van der Waals surface area contributed by atoms with Crippen LogP contribution in [0.25, 0.3) is 0 Å². The fraction of sp³-hybridized carbons (Fsp3) is 0.600. The predicted octanol–water partition coefficient (Wildman–Crippen LogP) is 1.16. The smallest absolute Gasteiger partial charge is 0.0646 e. The summed E-state index contributed by atoms with van der Waals surface area (Å²) >= 11 is 0. The van der Waals surface area contributed by atoms with Crippen molar-refractivity contribution in [3.63, 3.8) is 0 Å². The molecule has 2 heterocycles. The predicted molar refractivity (Wildman–Crippen MR) is 51.4 cm³/mol. The van der Waals surface area contributed by atoms with E-state index < -0.39 is 0 Å². The Morgan fingerprint density at radius 1 is 1.46 bits per heavy atom. The lowest BCUT2D eigenvalue weighted by atomic mass is 10.0. The minimum atomic E-state index is 0.616. The Morgan fingerprint density at radius 3 is 3.15 bits per heavy atom. The van der Waals surface area contributed by atoms with Crippen molar-refractivity contribution in [3.8, 4) is 0 Å². The summed E-state index contributed by atoms with van der Waals surface area (Å²) in [6.45, 7) is 1.16. The van der Waals surface area contributed by atoms with Gasteiger partial charge in [0.1, 0.15) is 0 Å². The Morgan fingerprint density at radius 2 is 2.46 bits per heavy atom. The first-order chi connectivity index (χ1) is 6.45. The van der Waals surface area contributed by atoms with Crippen molar-refractivity contribution in [3.05, 3.63) is 24.0 Å². The molecular formula is C10H15N3. The molecule has 0 bridgehead atoms. The number of hydrogen-bond donors (Lipinski definition) is 1. The summed E-state index contributed by atoms with van der Waals surface area (Å²) in [5, 5.41) is 11.5. The molecule has 0 saturated carbocycles. The van der Waals surface area contributed by atoms with Gasteiger partial charge < -0.3 is 5.32 Å². The van der Waals surface area contributed by atoms with Gasteiger partial charge in [-0.15, -0.1) is 0 Å². The largest absolute Gasteiger partial charge is 0.314 e. The molecule has 3 nitrogen and oxygen atoms in total. The molecule has 0 aliphatic carbocycles. The zero-order valence-electron chi connectivity index (χ0n) is 7.74. The number of nitrogens with zero attached hydrogens (tertiary/aromatic N) is 2. The van der Waals surface area contributed by atoms with Gasteiger partial charge in [-0.25, -0.2) is 0 Å². The van der Waals surface area contributed by atoms with Crippen LogP contribution in [0.2, 0.25) is 0 Å². The van der Waals surface area contributed by atoms with E-state index in [1.54, 1.807) is 6.20 Å². The zero-order valence-corrected chi connectivity index (χ0v) is 7.74. The average molecular weight is 177 g/mol. The van der Waals surface area contributed by atoms with E-state index in [0.29, 0.717) is 6.04 Å². The maximum atomic E-state index is 4.08. The van der Waals surface area contributed by atoms with Crippen LogP contribution in [-0.4, -0.2) is 22.8 Å². The second kappa shape index (κ2) is 4.33. The third-order valence-corrected chi connectivity index (χ3v) is 2.50. The molecule has 1 aliphatic heterocycles. The van der Waals surface area contributed by atoms with Gasteiger partial charge in [0.15, 0.2) is 0 Å². The van der Waals surface area contributed by atoms with Crippen LogP contribution in [0.5, 0.6) is 0 Å². The third-order valence-electron chi connectivity index (χ3n) is 2.50. The van der Waals surface area contributed by atoms with Crippen LogP contribution in [0.4, 0.5) is 0 Å². The topological polar surface area (TPSA) is 37.8 Å². The Kier molecular flexibility index (Phi) is 2.87. The van der Waals surface area contributed by atoms with Crippen molar-refractivity contribution >= 4 is 0 Å². The molecule has 0 aromatic carbocycles. The second-order valence-corrected chi connectivity index (χ2v) is 3.57. The van der Waals surface area contributed by atoms with E-state index in [0.717, 1.165) is 18.7 Å². The highest BCUT2D eigenvalue weighted by Crippen LogP contribution is 2.10. The van der Waals surface area contributed by atoms with E-state index >= 15 is 0 Å². The first kappa shape index (κ1) is 8.63. The quantitative estimate of drug-likeness (QED) is 0.736. The molecular weight excluding hydrogens is 162 g/mol. The lowest BCUT2D eigenvalue weighted by Crippen LogP contribution is -2.35. The van der Waals surface area contributed by atoms with Crippen LogP contribution >= 0.6 is 0 Å². The summed E-state index contributed by atoms with van der Waals surface area (Å²) < 4.78 is 0. The number of piperidine rings is 1. The molecule has 1 aromatic rings. The van der Waals surface area contributed by atoms with Gasteiger partial charge in [-0.1, -0.05) is 6.42 Å². The van der Waals surface area contributed by atoms with Gasteiger partial charge in [0.05, 0.1) is 5.69 Å². The Bertz CT molecular complexity index is 242. The summed E-state index contributed by atoms with van der Waals surface area (Å²) in [5.74, 6) is 0. The number of rotatable bonds is 2. The first-order valence-electron chi connectivity index (χ1n) is 4.95. The maximum absolute atomic E-state index is 4.08. The molecule has 70 valence electrons. The first-order valence-corrected chi connectivity index (χ1v) is 4.95. The van der Waals surface area contributed by atoms with E-state index in [-0.39, 0.29) is 0 Å². The van der Waals surface area contributed by atoms with Gasteiger partial charge in [-0.05, 0) is 31.5 Å². The fourth-order valence-electron chi connectivity index (χ4n) is 1.79. The number of hydrogen-bond acceptors (Lipinski definition) is 3. The molecule has 0 radical (unpaired) electrons. The molecule has 0 spiro atoms. The number of nitrogens with one attached hydrogen (secondary N) is 1. The molecule has 1 N–H and O–H groups in total. The molecule has 1 unspecified atom stereocenters. The van der Waals surface area contributed by atoms with Crippen molar-refractivity contribution in [2.45, 2.75) is 31.7 Å². The Labute approximate surface area is 78.6 Å². The second-order valence-electron chi connectivity index (χ2n) is 3.57. The van der Waals surface area contributed by atoms with Gasteiger partial charge in [0.25, 0.3) is 0 Å². The lowest BCUT2D eigenvalue weighted by molar-refractivity contribution is 0.396. The van der Waals surface area contributed by atoms with Gasteiger partial charge in [0, 0.05) is 18.7 Å². The molecule has 13 heavy (non-hydrogen) atoms. The van der Waals surface area contributed by atoms with Gasteiger partial charge in [-0.3, -0.25) is 0 Å². The number of aromatic nitrogens is 2. The average Bonchev–Trinajstić information content (AvgIpc) is 2.21. The van der Waals surface area contributed by atoms with Crippen LogP contribution in [0.1, 0.15) is 25.0 Å². The highest BCUT2D eigenvalue weighted by atomic mass is 15.1. The highest BCUT2D eigenvalue weighted by Gasteiger charge is 2.13. The van der Waals surface area contributed by atoms with E-state index in [1.807, 2.05) is 12.1 Å². The zero-order chi connectivity index (χ0) is 8.93. The summed E-state index contributed by atoms with van der Waals surface area (Å²) in [6, 6.07) is 4.61. The monoisotopic (exact) mass is 177 g/mol. The SMILES string of the molecule is c1cnnc(CC2CCCCN2)c1. The maximum Gasteiger partial charge on any atom is 0.0646 e. The molecule has 3 heteroatoms. The summed E-state index contributed by atoms with van der Waals surface area (Å²) in [6.07, 6.45) is 6.68. The van der Waals surface area contributed by atoms with Gasteiger partial charge in [-0.2, -0.15) is 10.2 Å². The van der Waals surface area contributed by atoms with Crippen LogP contribution in [0.15, 0.2) is 18.3 Å². The Balaban J connectivity index is 1.90. The van der Waals surface area contributed by atoms with Crippen LogP contribution < -0.4 is 5.32 Å². The molecule has 1 atom stereocenters. The molecule has 1 fully saturated rings. The summed E-state index contributed by atoms with van der Waals surface area (Å²) in [4.78, 5) is 0. The van der Waals surface area contributed by atoms with Crippen LogP contribution in [0, 0.1) is 0 Å². The van der Waals surface area contributed by atoms with Gasteiger partial charge in [0.2, 0.25) is 0 Å². The van der Waals surface area contributed by atoms with Crippen molar-refractivity contribution in [2.75, 3.05) is 6.54 Å². The summed E-state index contributed by atoms with van der Waals surface area (Å²) in [5.41, 5.74) is 1.10. The molecule has 1 aliphatic rings. The van der Waals surface area contributed by atoms with Crippen molar-refractivity contribution in [2.24, 2.45) is 0 Å². The van der Waals surface area contributed by atoms with E-state index in [1.165, 1.54) is 19.3 Å². The molecule has 2 rings (SSSR count).